The zero-order valence-electron chi connectivity index (χ0n) is 8.51. The molecule has 2 N–H and O–H groups in total. The van der Waals surface area contributed by atoms with Crippen LogP contribution in [-0.4, -0.2) is 24.5 Å². The largest absolute Gasteiger partial charge is 0.350 e. The van der Waals surface area contributed by atoms with Crippen LogP contribution in [0, 0.1) is 11.8 Å². The van der Waals surface area contributed by atoms with E-state index in [-0.39, 0.29) is 11.5 Å². The number of nitrogens with one attached hydrogen (secondary N) is 2. The molecular formula is C11H18N2O. The highest BCUT2D eigenvalue weighted by molar-refractivity contribution is 5.80. The lowest BCUT2D eigenvalue weighted by atomic mass is 10.1. The van der Waals surface area contributed by atoms with E-state index in [1.54, 1.807) is 0 Å². The first-order valence-corrected chi connectivity index (χ1v) is 5.83. The van der Waals surface area contributed by atoms with E-state index in [0.29, 0.717) is 5.91 Å². The third-order valence-electron chi connectivity index (χ3n) is 3.95. The fourth-order valence-corrected chi connectivity index (χ4v) is 2.63. The molecule has 0 radical (unpaired) electrons. The first-order valence-electron chi connectivity index (χ1n) is 5.83. The molecule has 3 heteroatoms. The number of amides is 1. The molecule has 1 aliphatic heterocycles. The predicted molar refractivity (Wildman–Crippen MR) is 53.8 cm³/mol. The molecular weight excluding hydrogens is 176 g/mol. The van der Waals surface area contributed by atoms with Gasteiger partial charge < -0.3 is 10.6 Å². The van der Waals surface area contributed by atoms with Crippen molar-refractivity contribution in [3.63, 3.8) is 0 Å². The summed E-state index contributed by atoms with van der Waals surface area (Å²) < 4.78 is 0. The van der Waals surface area contributed by atoms with Gasteiger partial charge in [-0.05, 0) is 44.6 Å². The van der Waals surface area contributed by atoms with Crippen molar-refractivity contribution in [2.24, 2.45) is 11.8 Å². The third-order valence-corrected chi connectivity index (χ3v) is 3.95. The summed E-state index contributed by atoms with van der Waals surface area (Å²) in [7, 11) is 0. The van der Waals surface area contributed by atoms with Crippen LogP contribution in [0.3, 0.4) is 0 Å². The van der Waals surface area contributed by atoms with Crippen LogP contribution in [0.25, 0.3) is 0 Å². The molecule has 0 aromatic rings. The molecule has 78 valence electrons. The van der Waals surface area contributed by atoms with Crippen LogP contribution >= 0.6 is 0 Å². The third kappa shape index (κ3) is 1.44. The van der Waals surface area contributed by atoms with E-state index >= 15 is 0 Å². The number of carbonyl (C=O) groups is 1. The van der Waals surface area contributed by atoms with Gasteiger partial charge in [0, 0.05) is 12.1 Å². The summed E-state index contributed by atoms with van der Waals surface area (Å²) in [6, 6.07) is 0. The highest BCUT2D eigenvalue weighted by atomic mass is 16.2. The minimum atomic E-state index is 0.242. The maximum absolute atomic E-state index is 11.9. The smallest absolute Gasteiger partial charge is 0.224 e. The van der Waals surface area contributed by atoms with Gasteiger partial charge in [0.25, 0.3) is 0 Å². The van der Waals surface area contributed by atoms with E-state index in [2.05, 4.69) is 10.6 Å². The Labute approximate surface area is 84.6 Å². The summed E-state index contributed by atoms with van der Waals surface area (Å²) in [6.07, 6.45) is 6.14. The lowest BCUT2D eigenvalue weighted by molar-refractivity contribution is -0.125. The van der Waals surface area contributed by atoms with Gasteiger partial charge in [-0.15, -0.1) is 0 Å². The van der Waals surface area contributed by atoms with Crippen LogP contribution in [0.1, 0.15) is 32.1 Å². The Balaban J connectivity index is 1.58. The van der Waals surface area contributed by atoms with Crippen molar-refractivity contribution >= 4 is 5.91 Å². The van der Waals surface area contributed by atoms with Gasteiger partial charge in [-0.3, -0.25) is 4.79 Å². The van der Waals surface area contributed by atoms with E-state index in [4.69, 9.17) is 0 Å². The number of rotatable bonds is 3. The van der Waals surface area contributed by atoms with Crippen LogP contribution in [0.2, 0.25) is 0 Å². The van der Waals surface area contributed by atoms with Gasteiger partial charge >= 0.3 is 0 Å². The van der Waals surface area contributed by atoms with Crippen LogP contribution in [0.4, 0.5) is 0 Å². The summed E-state index contributed by atoms with van der Waals surface area (Å²) in [5.41, 5.74) is 0.264. The topological polar surface area (TPSA) is 41.1 Å². The van der Waals surface area contributed by atoms with E-state index in [0.717, 1.165) is 25.4 Å². The molecule has 3 nitrogen and oxygen atoms in total. The molecule has 3 fully saturated rings. The van der Waals surface area contributed by atoms with Crippen molar-refractivity contribution in [1.82, 2.24) is 10.6 Å². The Bertz CT molecular complexity index is 250. The monoisotopic (exact) mass is 194 g/mol. The molecule has 2 saturated carbocycles. The quantitative estimate of drug-likeness (QED) is 0.693. The average molecular weight is 194 g/mol. The van der Waals surface area contributed by atoms with Gasteiger partial charge in [-0.1, -0.05) is 0 Å². The van der Waals surface area contributed by atoms with E-state index < -0.39 is 0 Å². The minimum absolute atomic E-state index is 0.242. The second-order valence-electron chi connectivity index (χ2n) is 5.11. The fraction of sp³-hybridized carbons (Fsp3) is 0.909. The summed E-state index contributed by atoms with van der Waals surface area (Å²) >= 11 is 0. The van der Waals surface area contributed by atoms with Crippen LogP contribution in [0.15, 0.2) is 0 Å². The predicted octanol–water partition coefficient (Wildman–Crippen LogP) is 0.655. The second kappa shape index (κ2) is 2.96. The lowest BCUT2D eigenvalue weighted by Crippen LogP contribution is -2.42. The summed E-state index contributed by atoms with van der Waals surface area (Å²) in [6.45, 7) is 1.89. The molecule has 0 aromatic heterocycles. The molecule has 0 spiro atoms. The molecule has 1 heterocycles. The van der Waals surface area contributed by atoms with Crippen molar-refractivity contribution < 1.29 is 4.79 Å². The van der Waals surface area contributed by atoms with Crippen LogP contribution in [0.5, 0.6) is 0 Å². The molecule has 1 atom stereocenters. The second-order valence-corrected chi connectivity index (χ2v) is 5.11. The molecule has 14 heavy (non-hydrogen) atoms. The molecule has 0 aromatic carbocycles. The Morgan fingerprint density at radius 3 is 2.57 bits per heavy atom. The molecule has 1 saturated heterocycles. The van der Waals surface area contributed by atoms with Gasteiger partial charge in [0.05, 0.1) is 5.92 Å². The van der Waals surface area contributed by atoms with Gasteiger partial charge in [-0.25, -0.2) is 0 Å². The van der Waals surface area contributed by atoms with Crippen molar-refractivity contribution in [3.05, 3.63) is 0 Å². The summed E-state index contributed by atoms with van der Waals surface area (Å²) in [5, 5.41) is 6.54. The minimum Gasteiger partial charge on any atom is -0.350 e. The van der Waals surface area contributed by atoms with E-state index in [9.17, 15) is 4.79 Å². The zero-order chi connectivity index (χ0) is 9.60. The Morgan fingerprint density at radius 2 is 2.07 bits per heavy atom. The molecule has 3 aliphatic rings. The SMILES string of the molecule is O=C(NC1(C2CC2)CC1)[C@H]1CCNC1. The standard InChI is InChI=1S/C11H18N2O/c14-10(8-3-6-12-7-8)13-11(4-5-11)9-1-2-9/h8-9,12H,1-7H2,(H,13,14)/t8-/m0/s1. The van der Waals surface area contributed by atoms with Gasteiger partial charge in [-0.2, -0.15) is 0 Å². The normalized spacial score (nSPS) is 34.1. The van der Waals surface area contributed by atoms with Crippen molar-refractivity contribution in [3.8, 4) is 0 Å². The molecule has 0 bridgehead atoms. The zero-order valence-corrected chi connectivity index (χ0v) is 8.51. The Kier molecular flexibility index (Phi) is 1.84. The fourth-order valence-electron chi connectivity index (χ4n) is 2.63. The van der Waals surface area contributed by atoms with Crippen LogP contribution < -0.4 is 10.6 Å². The highest BCUT2D eigenvalue weighted by Crippen LogP contribution is 2.53. The summed E-state index contributed by atoms with van der Waals surface area (Å²) in [4.78, 5) is 11.9. The van der Waals surface area contributed by atoms with E-state index in [1.807, 2.05) is 0 Å². The van der Waals surface area contributed by atoms with Gasteiger partial charge in [0.2, 0.25) is 5.91 Å². The molecule has 1 amide bonds. The van der Waals surface area contributed by atoms with Crippen molar-refractivity contribution in [1.29, 1.82) is 0 Å². The number of hydrogen-bond donors (Lipinski definition) is 2. The first kappa shape index (κ1) is 8.72. The lowest BCUT2D eigenvalue weighted by Gasteiger charge is -2.19. The van der Waals surface area contributed by atoms with Crippen molar-refractivity contribution in [2.75, 3.05) is 13.1 Å². The first-order chi connectivity index (χ1) is 6.80. The Morgan fingerprint density at radius 1 is 1.29 bits per heavy atom. The summed E-state index contributed by atoms with van der Waals surface area (Å²) in [5.74, 6) is 1.37. The van der Waals surface area contributed by atoms with Gasteiger partial charge in [0.1, 0.15) is 0 Å². The van der Waals surface area contributed by atoms with Gasteiger partial charge in [0.15, 0.2) is 0 Å². The van der Waals surface area contributed by atoms with Crippen molar-refractivity contribution in [2.45, 2.75) is 37.6 Å². The Hall–Kier alpha value is -0.570. The maximum atomic E-state index is 11.9. The maximum Gasteiger partial charge on any atom is 0.224 e. The number of hydrogen-bond acceptors (Lipinski definition) is 2. The average Bonchev–Trinajstić information content (AvgIpc) is 3.07. The highest BCUT2D eigenvalue weighted by Gasteiger charge is 2.55. The molecule has 2 aliphatic carbocycles. The van der Waals surface area contributed by atoms with Crippen LogP contribution in [-0.2, 0) is 4.79 Å². The van der Waals surface area contributed by atoms with E-state index in [1.165, 1.54) is 25.7 Å². The molecule has 0 unspecified atom stereocenters. The molecule has 3 rings (SSSR count). The number of carbonyl (C=O) groups excluding carboxylic acids is 1.